The van der Waals surface area contributed by atoms with Crippen LogP contribution in [0.5, 0.6) is 11.5 Å². The van der Waals surface area contributed by atoms with Crippen LogP contribution in [0.2, 0.25) is 0 Å². The van der Waals surface area contributed by atoms with E-state index in [1.165, 1.54) is 13.2 Å². The van der Waals surface area contributed by atoms with Gasteiger partial charge in [0.25, 0.3) is 5.91 Å². The molecule has 0 aliphatic heterocycles. The molecule has 140 valence electrons. The van der Waals surface area contributed by atoms with Gasteiger partial charge in [0.2, 0.25) is 0 Å². The third kappa shape index (κ3) is 3.79. The molecule has 8 heteroatoms. The fourth-order valence-electron chi connectivity index (χ4n) is 2.89. The van der Waals surface area contributed by atoms with E-state index in [1.54, 1.807) is 30.9 Å². The first-order chi connectivity index (χ1) is 12.4. The molecule has 0 spiro atoms. The van der Waals surface area contributed by atoms with Crippen molar-refractivity contribution < 1.29 is 27.6 Å². The number of ether oxygens (including phenoxy) is 2. The predicted octanol–water partition coefficient (Wildman–Crippen LogP) is 3.71. The highest BCUT2D eigenvalue weighted by molar-refractivity contribution is 5.96. The first kappa shape index (κ1) is 18.2. The Morgan fingerprint density at radius 3 is 2.62 bits per heavy atom. The highest BCUT2D eigenvalue weighted by Crippen LogP contribution is 2.34. The Morgan fingerprint density at radius 2 is 2.08 bits per heavy atom. The first-order valence-electron chi connectivity index (χ1n) is 8.26. The number of aromatic nitrogens is 1. The fourth-order valence-corrected chi connectivity index (χ4v) is 2.89. The summed E-state index contributed by atoms with van der Waals surface area (Å²) in [7, 11) is 1.38. The Morgan fingerprint density at radius 1 is 1.35 bits per heavy atom. The van der Waals surface area contributed by atoms with Crippen LogP contribution in [-0.4, -0.2) is 35.7 Å². The summed E-state index contributed by atoms with van der Waals surface area (Å²) in [4.78, 5) is 14.7. The van der Waals surface area contributed by atoms with Crippen molar-refractivity contribution >= 4 is 5.91 Å². The largest absolute Gasteiger partial charge is 0.493 e. The van der Waals surface area contributed by atoms with Crippen LogP contribution in [0.1, 0.15) is 40.2 Å². The highest BCUT2D eigenvalue weighted by atomic mass is 19.3. The summed E-state index contributed by atoms with van der Waals surface area (Å²) < 4.78 is 39.6. The number of aryl methyl sites for hydroxylation is 2. The van der Waals surface area contributed by atoms with Crippen LogP contribution in [-0.2, 0) is 6.54 Å². The number of rotatable bonds is 7. The normalized spacial score (nSPS) is 13.8. The Balaban J connectivity index is 1.84. The number of amides is 1. The maximum atomic E-state index is 13.0. The second-order valence-electron chi connectivity index (χ2n) is 6.23. The molecule has 1 fully saturated rings. The lowest BCUT2D eigenvalue weighted by Gasteiger charge is -2.23. The molecule has 1 aromatic heterocycles. The number of nitrogens with zero attached hydrogens (tertiary/aromatic N) is 2. The topological polar surface area (TPSA) is 64.8 Å². The molecule has 0 saturated heterocycles. The Labute approximate surface area is 149 Å². The average Bonchev–Trinajstić information content (AvgIpc) is 3.38. The Kier molecular flexibility index (Phi) is 5.11. The van der Waals surface area contributed by atoms with Crippen molar-refractivity contribution in [1.82, 2.24) is 10.1 Å². The van der Waals surface area contributed by atoms with Gasteiger partial charge in [-0.25, -0.2) is 0 Å². The van der Waals surface area contributed by atoms with Crippen molar-refractivity contribution in [2.75, 3.05) is 7.11 Å². The van der Waals surface area contributed by atoms with Crippen molar-refractivity contribution in [3.8, 4) is 11.5 Å². The van der Waals surface area contributed by atoms with E-state index in [2.05, 4.69) is 9.89 Å². The van der Waals surface area contributed by atoms with E-state index in [-0.39, 0.29) is 23.4 Å². The molecule has 1 aliphatic carbocycles. The highest BCUT2D eigenvalue weighted by Gasteiger charge is 2.35. The van der Waals surface area contributed by atoms with Crippen molar-refractivity contribution in [3.63, 3.8) is 0 Å². The van der Waals surface area contributed by atoms with Crippen molar-refractivity contribution in [2.24, 2.45) is 0 Å². The van der Waals surface area contributed by atoms with E-state index < -0.39 is 6.61 Å². The zero-order valence-corrected chi connectivity index (χ0v) is 14.8. The fraction of sp³-hybridized carbons (Fsp3) is 0.444. The van der Waals surface area contributed by atoms with Crippen LogP contribution in [0.3, 0.4) is 0 Å². The van der Waals surface area contributed by atoms with Gasteiger partial charge in [-0.3, -0.25) is 4.79 Å². The molecule has 1 saturated carbocycles. The summed E-state index contributed by atoms with van der Waals surface area (Å²) in [6.07, 6.45) is 1.86. The minimum atomic E-state index is -2.93. The lowest BCUT2D eigenvalue weighted by Crippen LogP contribution is -2.33. The molecule has 0 atom stereocenters. The molecule has 2 aromatic rings. The number of carbonyl (C=O) groups excluding carboxylic acids is 1. The summed E-state index contributed by atoms with van der Waals surface area (Å²) in [6.45, 7) is 0.837. The lowest BCUT2D eigenvalue weighted by atomic mass is 10.1. The Bertz CT molecular complexity index is 783. The van der Waals surface area contributed by atoms with Crippen LogP contribution in [0.15, 0.2) is 22.7 Å². The molecule has 1 aromatic carbocycles. The molecule has 6 nitrogen and oxygen atoms in total. The van der Waals surface area contributed by atoms with Crippen LogP contribution >= 0.6 is 0 Å². The van der Waals surface area contributed by atoms with Crippen LogP contribution in [0.25, 0.3) is 0 Å². The summed E-state index contributed by atoms with van der Waals surface area (Å²) in [5, 5.41) is 3.84. The number of hydrogen-bond acceptors (Lipinski definition) is 5. The van der Waals surface area contributed by atoms with E-state index in [1.807, 2.05) is 0 Å². The molecule has 1 heterocycles. The summed E-state index contributed by atoms with van der Waals surface area (Å²) in [5.41, 5.74) is 1.79. The third-order valence-corrected chi connectivity index (χ3v) is 4.29. The van der Waals surface area contributed by atoms with Crippen molar-refractivity contribution in [1.29, 1.82) is 0 Å². The van der Waals surface area contributed by atoms with Crippen LogP contribution in [0, 0.1) is 13.8 Å². The summed E-state index contributed by atoms with van der Waals surface area (Å²) in [5.74, 6) is 0.497. The van der Waals surface area contributed by atoms with Gasteiger partial charge in [-0.1, -0.05) is 11.2 Å². The minimum Gasteiger partial charge on any atom is -0.493 e. The minimum absolute atomic E-state index is 0.0405. The zero-order chi connectivity index (χ0) is 18.8. The molecular weight excluding hydrogens is 346 g/mol. The number of carbonyl (C=O) groups is 1. The van der Waals surface area contributed by atoms with Gasteiger partial charge in [0.15, 0.2) is 11.5 Å². The van der Waals surface area contributed by atoms with Crippen LogP contribution in [0.4, 0.5) is 8.78 Å². The molecule has 1 aliphatic rings. The van der Waals surface area contributed by atoms with E-state index in [4.69, 9.17) is 9.26 Å². The number of alkyl halides is 2. The third-order valence-electron chi connectivity index (χ3n) is 4.29. The van der Waals surface area contributed by atoms with Gasteiger partial charge < -0.3 is 18.9 Å². The maximum absolute atomic E-state index is 13.0. The molecule has 26 heavy (non-hydrogen) atoms. The smallest absolute Gasteiger partial charge is 0.387 e. The number of halogens is 2. The summed E-state index contributed by atoms with van der Waals surface area (Å²) in [6, 6.07) is 4.83. The van der Waals surface area contributed by atoms with Gasteiger partial charge in [0.1, 0.15) is 11.3 Å². The van der Waals surface area contributed by atoms with Gasteiger partial charge in [0.05, 0.1) is 12.8 Å². The lowest BCUT2D eigenvalue weighted by molar-refractivity contribution is -0.0512. The molecule has 0 radical (unpaired) electrons. The van der Waals surface area contributed by atoms with Crippen LogP contribution < -0.4 is 9.47 Å². The summed E-state index contributed by atoms with van der Waals surface area (Å²) >= 11 is 0. The van der Waals surface area contributed by atoms with Gasteiger partial charge in [-0.05, 0) is 44.4 Å². The van der Waals surface area contributed by atoms with Gasteiger partial charge in [-0.2, -0.15) is 8.78 Å². The molecule has 1 amide bonds. The SMILES string of the molecule is COc1cc(CN(C(=O)c2c(C)noc2C)C2CC2)ccc1OC(F)F. The van der Waals surface area contributed by atoms with Crippen molar-refractivity contribution in [3.05, 3.63) is 40.8 Å². The van der Waals surface area contributed by atoms with E-state index >= 15 is 0 Å². The molecular formula is C18H20F2N2O4. The van der Waals surface area contributed by atoms with Gasteiger partial charge in [0, 0.05) is 12.6 Å². The Hall–Kier alpha value is -2.64. The molecule has 0 bridgehead atoms. The van der Waals surface area contributed by atoms with Crippen molar-refractivity contribution in [2.45, 2.75) is 45.9 Å². The van der Waals surface area contributed by atoms with E-state index in [9.17, 15) is 13.6 Å². The number of methoxy groups -OCH3 is 1. The monoisotopic (exact) mass is 366 g/mol. The van der Waals surface area contributed by atoms with Gasteiger partial charge >= 0.3 is 6.61 Å². The van der Waals surface area contributed by atoms with E-state index in [0.717, 1.165) is 18.4 Å². The van der Waals surface area contributed by atoms with Gasteiger partial charge in [-0.15, -0.1) is 0 Å². The first-order valence-corrected chi connectivity index (χ1v) is 8.26. The standard InChI is InChI=1S/C18H20F2N2O4/c1-10-16(11(2)26-21-10)17(23)22(13-5-6-13)9-12-4-7-14(25-18(19)20)15(8-12)24-3/h4,7-8,13,18H,5-6,9H2,1-3H3. The maximum Gasteiger partial charge on any atom is 0.387 e. The number of hydrogen-bond donors (Lipinski definition) is 0. The second kappa shape index (κ2) is 7.31. The van der Waals surface area contributed by atoms with E-state index in [0.29, 0.717) is 23.6 Å². The average molecular weight is 366 g/mol. The molecule has 0 unspecified atom stereocenters. The molecule has 3 rings (SSSR count). The quantitative estimate of drug-likeness (QED) is 0.747. The molecule has 0 N–H and O–H groups in total. The zero-order valence-electron chi connectivity index (χ0n) is 14.8. The predicted molar refractivity (Wildman–Crippen MR) is 88.5 cm³/mol. The second-order valence-corrected chi connectivity index (χ2v) is 6.23. The number of benzene rings is 1.